The maximum absolute atomic E-state index is 5.10. The lowest BCUT2D eigenvalue weighted by Gasteiger charge is -2.11. The van der Waals surface area contributed by atoms with E-state index in [1.807, 2.05) is 59.1 Å². The lowest BCUT2D eigenvalue weighted by molar-refractivity contribution is 1.08. The van der Waals surface area contributed by atoms with Gasteiger partial charge in [-0.15, -0.1) is 34.0 Å². The third kappa shape index (κ3) is 5.33. The summed E-state index contributed by atoms with van der Waals surface area (Å²) in [6.07, 6.45) is 0. The van der Waals surface area contributed by atoms with Crippen molar-refractivity contribution < 1.29 is 0 Å². The summed E-state index contributed by atoms with van der Waals surface area (Å²) in [6, 6.07) is 63.1. The van der Waals surface area contributed by atoms with Crippen LogP contribution >= 0.6 is 34.0 Å². The molecule has 4 heterocycles. The highest BCUT2D eigenvalue weighted by molar-refractivity contribution is 7.27. The minimum Gasteiger partial charge on any atom is -0.208 e. The molecule has 0 saturated carbocycles. The minimum atomic E-state index is 0.665. The monoisotopic (exact) mass is 779 g/mol. The van der Waals surface area contributed by atoms with E-state index in [1.54, 1.807) is 11.3 Å². The number of hydrogen-bond acceptors (Lipinski definition) is 6. The highest BCUT2D eigenvalue weighted by Gasteiger charge is 2.20. The fourth-order valence-electron chi connectivity index (χ4n) is 8.28. The Morgan fingerprint density at radius 2 is 0.825 bits per heavy atom. The molecule has 3 nitrogen and oxygen atoms in total. The van der Waals surface area contributed by atoms with E-state index in [0.717, 1.165) is 16.7 Å². The van der Waals surface area contributed by atoms with E-state index in [9.17, 15) is 0 Å². The van der Waals surface area contributed by atoms with Crippen molar-refractivity contribution in [1.82, 2.24) is 15.0 Å². The van der Waals surface area contributed by atoms with Gasteiger partial charge in [-0.25, -0.2) is 15.0 Å². The Balaban J connectivity index is 1.06. The molecule has 0 aliphatic rings. The van der Waals surface area contributed by atoms with Crippen molar-refractivity contribution in [2.75, 3.05) is 0 Å². The van der Waals surface area contributed by atoms with E-state index in [2.05, 4.69) is 140 Å². The van der Waals surface area contributed by atoms with Gasteiger partial charge in [0.25, 0.3) is 0 Å². The van der Waals surface area contributed by atoms with E-state index >= 15 is 0 Å². The second kappa shape index (κ2) is 13.0. The van der Waals surface area contributed by atoms with Gasteiger partial charge in [-0.1, -0.05) is 133 Å². The zero-order valence-corrected chi connectivity index (χ0v) is 32.8. The van der Waals surface area contributed by atoms with Gasteiger partial charge in [-0.05, 0) is 64.7 Å². The largest absolute Gasteiger partial charge is 0.208 e. The molecule has 0 radical (unpaired) electrons. The van der Waals surface area contributed by atoms with Crippen LogP contribution in [0.1, 0.15) is 0 Å². The van der Waals surface area contributed by atoms with Gasteiger partial charge in [0.2, 0.25) is 0 Å². The molecule has 0 saturated heterocycles. The van der Waals surface area contributed by atoms with Gasteiger partial charge >= 0.3 is 0 Å². The zero-order valence-electron chi connectivity index (χ0n) is 30.3. The molecule has 0 fully saturated rings. The van der Waals surface area contributed by atoms with Crippen molar-refractivity contribution in [3.05, 3.63) is 176 Å². The van der Waals surface area contributed by atoms with Crippen LogP contribution in [0, 0.1) is 0 Å². The average molecular weight is 780 g/mol. The lowest BCUT2D eigenvalue weighted by Crippen LogP contribution is -2.00. The molecule has 0 atom stereocenters. The molecule has 266 valence electrons. The van der Waals surface area contributed by atoms with E-state index in [1.165, 1.54) is 82.8 Å². The smallest absolute Gasteiger partial charge is 0.165 e. The first-order valence-corrected chi connectivity index (χ1v) is 21.4. The molecule has 6 heteroatoms. The first-order chi connectivity index (χ1) is 28.2. The molecule has 4 aromatic heterocycles. The molecule has 0 N–H and O–H groups in total. The molecule has 12 aromatic rings. The molecule has 57 heavy (non-hydrogen) atoms. The highest BCUT2D eigenvalue weighted by atomic mass is 32.1. The van der Waals surface area contributed by atoms with Crippen LogP contribution in [0.2, 0.25) is 0 Å². The van der Waals surface area contributed by atoms with Crippen LogP contribution in [0.4, 0.5) is 0 Å². The maximum atomic E-state index is 5.10. The van der Waals surface area contributed by atoms with Gasteiger partial charge in [0.05, 0.1) is 0 Å². The normalized spacial score (nSPS) is 11.9. The summed E-state index contributed by atoms with van der Waals surface area (Å²) < 4.78 is 7.67. The van der Waals surface area contributed by atoms with Gasteiger partial charge in [0.1, 0.15) is 0 Å². The fourth-order valence-corrected chi connectivity index (χ4v) is 11.9. The number of nitrogens with zero attached hydrogens (tertiary/aromatic N) is 3. The molecule has 12 rings (SSSR count). The van der Waals surface area contributed by atoms with Gasteiger partial charge < -0.3 is 0 Å². The zero-order chi connectivity index (χ0) is 37.5. The van der Waals surface area contributed by atoms with Crippen molar-refractivity contribution in [1.29, 1.82) is 0 Å². The molecule has 0 amide bonds. The number of hydrogen-bond donors (Lipinski definition) is 0. The molecule has 8 aromatic carbocycles. The summed E-state index contributed by atoms with van der Waals surface area (Å²) in [4.78, 5) is 15.2. The third-order valence-electron chi connectivity index (χ3n) is 10.9. The molecular formula is C51H29N3S3. The van der Waals surface area contributed by atoms with Crippen LogP contribution in [-0.2, 0) is 0 Å². The Bertz CT molecular complexity index is 3470. The number of rotatable bonds is 5. The third-order valence-corrected chi connectivity index (χ3v) is 14.5. The van der Waals surface area contributed by atoms with Crippen LogP contribution in [0.15, 0.2) is 176 Å². The van der Waals surface area contributed by atoms with Crippen LogP contribution in [0.25, 0.3) is 117 Å². The number of fused-ring (bicyclic) bond motifs is 9. The average Bonchev–Trinajstić information content (AvgIpc) is 3.97. The first kappa shape index (κ1) is 32.7. The molecule has 0 aliphatic carbocycles. The fraction of sp³-hybridized carbons (Fsp3) is 0. The Morgan fingerprint density at radius 1 is 0.281 bits per heavy atom. The quantitative estimate of drug-likeness (QED) is 0.175. The van der Waals surface area contributed by atoms with Crippen molar-refractivity contribution >= 4 is 94.5 Å². The second-order valence-corrected chi connectivity index (χ2v) is 17.5. The molecule has 0 spiro atoms. The SMILES string of the molecule is c1ccc(-c2nc(-c3ccccc3)nc(-c3cccc4c3sc3ccc(-c5cc(-c6cccc7c6sc6ccccc67)cc6sc7ccccc7c56)cc34)n2)cc1. The van der Waals surface area contributed by atoms with E-state index in [0.29, 0.717) is 17.5 Å². The van der Waals surface area contributed by atoms with E-state index in [-0.39, 0.29) is 0 Å². The molecule has 0 bridgehead atoms. The van der Waals surface area contributed by atoms with Crippen molar-refractivity contribution in [2.45, 2.75) is 0 Å². The Kier molecular flexibility index (Phi) is 7.45. The molecule has 0 aliphatic heterocycles. The topological polar surface area (TPSA) is 38.7 Å². The van der Waals surface area contributed by atoms with Crippen molar-refractivity contribution in [2.24, 2.45) is 0 Å². The summed E-state index contributed by atoms with van der Waals surface area (Å²) in [5.41, 5.74) is 7.93. The Hall–Kier alpha value is -6.57. The number of aromatic nitrogens is 3. The van der Waals surface area contributed by atoms with E-state index < -0.39 is 0 Å². The summed E-state index contributed by atoms with van der Waals surface area (Å²) in [5.74, 6) is 2.01. The standard InChI is InChI=1S/C51H29N3S3/c1-3-13-30(14-4-1)49-52-50(31-15-5-2-6-16-31)54-51(53-49)39-22-12-21-37-41-27-32(25-26-44(41)57-48(37)39)40-28-33(29-45-46(40)38-18-8-10-24-43(38)55-45)34-19-11-20-36-35-17-7-9-23-42(35)56-47(34)36/h1-29H. The maximum Gasteiger partial charge on any atom is 0.165 e. The summed E-state index contributed by atoms with van der Waals surface area (Å²) in [5, 5.41) is 7.69. The number of thiophene rings is 3. The predicted molar refractivity (Wildman–Crippen MR) is 246 cm³/mol. The minimum absolute atomic E-state index is 0.665. The van der Waals surface area contributed by atoms with Gasteiger partial charge in [-0.2, -0.15) is 0 Å². The van der Waals surface area contributed by atoms with Crippen molar-refractivity contribution in [3.63, 3.8) is 0 Å². The second-order valence-electron chi connectivity index (χ2n) is 14.3. The van der Waals surface area contributed by atoms with Crippen LogP contribution in [-0.4, -0.2) is 15.0 Å². The highest BCUT2D eigenvalue weighted by Crippen LogP contribution is 2.47. The molecular weight excluding hydrogens is 751 g/mol. The predicted octanol–water partition coefficient (Wildman–Crippen LogP) is 15.3. The van der Waals surface area contributed by atoms with Crippen molar-refractivity contribution in [3.8, 4) is 56.4 Å². The summed E-state index contributed by atoms with van der Waals surface area (Å²) >= 11 is 5.58. The van der Waals surface area contributed by atoms with Crippen LogP contribution in [0.3, 0.4) is 0 Å². The van der Waals surface area contributed by atoms with E-state index in [4.69, 9.17) is 15.0 Å². The van der Waals surface area contributed by atoms with Crippen LogP contribution in [0.5, 0.6) is 0 Å². The molecule has 0 unspecified atom stereocenters. The van der Waals surface area contributed by atoms with Gasteiger partial charge in [0.15, 0.2) is 17.5 Å². The Labute approximate surface area is 339 Å². The first-order valence-electron chi connectivity index (χ1n) is 18.9. The Morgan fingerprint density at radius 3 is 1.54 bits per heavy atom. The lowest BCUT2D eigenvalue weighted by atomic mass is 9.93. The summed E-state index contributed by atoms with van der Waals surface area (Å²) in [7, 11) is 0. The summed E-state index contributed by atoms with van der Waals surface area (Å²) in [6.45, 7) is 0. The van der Waals surface area contributed by atoms with Gasteiger partial charge in [-0.3, -0.25) is 0 Å². The van der Waals surface area contributed by atoms with Crippen LogP contribution < -0.4 is 0 Å². The van der Waals surface area contributed by atoms with Gasteiger partial charge in [0, 0.05) is 77.2 Å². The number of benzene rings is 8.